The van der Waals surface area contributed by atoms with Crippen LogP contribution < -0.4 is 10.7 Å². The highest BCUT2D eigenvalue weighted by Crippen LogP contribution is 2.18. The SMILES string of the molecule is CC1CC(=O)NN=C1c1ccc(NC(=O)CCCl)cc1. The molecule has 20 heavy (non-hydrogen) atoms. The van der Waals surface area contributed by atoms with Gasteiger partial charge in [0.15, 0.2) is 0 Å². The Labute approximate surface area is 122 Å². The van der Waals surface area contributed by atoms with Crippen LogP contribution in [0.1, 0.15) is 25.3 Å². The Kier molecular flexibility index (Phi) is 4.74. The Bertz CT molecular complexity index is 540. The molecule has 1 aromatic carbocycles. The fourth-order valence-corrected chi connectivity index (χ4v) is 2.21. The molecule has 2 amide bonds. The van der Waals surface area contributed by atoms with Gasteiger partial charge in [-0.1, -0.05) is 19.1 Å². The normalized spacial score (nSPS) is 18.2. The van der Waals surface area contributed by atoms with E-state index in [1.807, 2.05) is 31.2 Å². The number of carbonyl (C=O) groups is 2. The van der Waals surface area contributed by atoms with Crippen molar-refractivity contribution in [3.05, 3.63) is 29.8 Å². The van der Waals surface area contributed by atoms with Gasteiger partial charge in [0.25, 0.3) is 0 Å². The maximum atomic E-state index is 11.4. The summed E-state index contributed by atoms with van der Waals surface area (Å²) in [4.78, 5) is 22.6. The number of halogens is 1. The summed E-state index contributed by atoms with van der Waals surface area (Å²) in [5.41, 5.74) is 5.00. The maximum absolute atomic E-state index is 11.4. The number of amides is 2. The molecule has 5 nitrogen and oxygen atoms in total. The van der Waals surface area contributed by atoms with Gasteiger partial charge in [-0.2, -0.15) is 5.10 Å². The molecule has 0 saturated carbocycles. The number of hydrogen-bond donors (Lipinski definition) is 2. The molecule has 0 radical (unpaired) electrons. The van der Waals surface area contributed by atoms with Crippen molar-refractivity contribution in [3.63, 3.8) is 0 Å². The zero-order valence-corrected chi connectivity index (χ0v) is 11.9. The van der Waals surface area contributed by atoms with Gasteiger partial charge >= 0.3 is 0 Å². The summed E-state index contributed by atoms with van der Waals surface area (Å²) in [6.07, 6.45) is 0.728. The first kappa shape index (κ1) is 14.5. The first-order valence-corrected chi connectivity index (χ1v) is 6.96. The molecule has 1 aliphatic rings. The average Bonchev–Trinajstić information content (AvgIpc) is 2.40. The molecular weight excluding hydrogens is 278 g/mol. The standard InChI is InChI=1S/C14H16ClN3O2/c1-9-8-13(20)17-18-14(9)10-2-4-11(5-3-10)16-12(19)6-7-15/h2-5,9H,6-8H2,1H3,(H,16,19)(H,17,20). The van der Waals surface area contributed by atoms with E-state index in [2.05, 4.69) is 15.8 Å². The van der Waals surface area contributed by atoms with Gasteiger partial charge < -0.3 is 5.32 Å². The van der Waals surface area contributed by atoms with Crippen LogP contribution in [0.15, 0.2) is 29.4 Å². The Morgan fingerprint density at radius 3 is 2.75 bits per heavy atom. The number of hydrazone groups is 1. The summed E-state index contributed by atoms with van der Waals surface area (Å²) in [6.45, 7) is 1.97. The van der Waals surface area contributed by atoms with E-state index >= 15 is 0 Å². The summed E-state index contributed by atoms with van der Waals surface area (Å²) < 4.78 is 0. The van der Waals surface area contributed by atoms with Crippen molar-refractivity contribution in [2.45, 2.75) is 19.8 Å². The molecule has 0 spiro atoms. The van der Waals surface area contributed by atoms with Crippen molar-refractivity contribution >= 4 is 34.8 Å². The fourth-order valence-electron chi connectivity index (χ4n) is 2.04. The summed E-state index contributed by atoms with van der Waals surface area (Å²) in [5, 5.41) is 6.85. The van der Waals surface area contributed by atoms with Crippen molar-refractivity contribution in [3.8, 4) is 0 Å². The Balaban J connectivity index is 2.08. The van der Waals surface area contributed by atoms with Crippen LogP contribution in [-0.4, -0.2) is 23.4 Å². The minimum atomic E-state index is -0.108. The van der Waals surface area contributed by atoms with E-state index < -0.39 is 0 Å². The van der Waals surface area contributed by atoms with Gasteiger partial charge in [-0.25, -0.2) is 5.43 Å². The smallest absolute Gasteiger partial charge is 0.240 e. The highest BCUT2D eigenvalue weighted by atomic mass is 35.5. The second-order valence-corrected chi connectivity index (χ2v) is 5.08. The third-order valence-electron chi connectivity index (χ3n) is 3.05. The average molecular weight is 294 g/mol. The first-order valence-electron chi connectivity index (χ1n) is 6.43. The number of alkyl halides is 1. The second-order valence-electron chi connectivity index (χ2n) is 4.70. The molecule has 106 valence electrons. The lowest BCUT2D eigenvalue weighted by atomic mass is 9.94. The number of anilines is 1. The number of benzene rings is 1. The van der Waals surface area contributed by atoms with Crippen molar-refractivity contribution in [2.24, 2.45) is 11.0 Å². The predicted molar refractivity (Wildman–Crippen MR) is 78.9 cm³/mol. The number of hydrogen-bond acceptors (Lipinski definition) is 3. The summed E-state index contributed by atoms with van der Waals surface area (Å²) in [7, 11) is 0. The zero-order valence-electron chi connectivity index (χ0n) is 11.1. The molecule has 0 bridgehead atoms. The van der Waals surface area contributed by atoms with E-state index in [1.54, 1.807) is 0 Å². The number of rotatable bonds is 4. The Morgan fingerprint density at radius 2 is 2.15 bits per heavy atom. The molecule has 1 unspecified atom stereocenters. The summed E-state index contributed by atoms with van der Waals surface area (Å²) in [6, 6.07) is 7.38. The van der Waals surface area contributed by atoms with E-state index in [0.717, 1.165) is 17.0 Å². The minimum absolute atomic E-state index is 0.0637. The lowest BCUT2D eigenvalue weighted by molar-refractivity contribution is -0.122. The minimum Gasteiger partial charge on any atom is -0.326 e. The molecule has 1 aromatic rings. The molecule has 0 saturated heterocycles. The largest absolute Gasteiger partial charge is 0.326 e. The molecule has 2 N–H and O–H groups in total. The Morgan fingerprint density at radius 1 is 1.45 bits per heavy atom. The van der Waals surface area contributed by atoms with Crippen molar-refractivity contribution in [2.75, 3.05) is 11.2 Å². The predicted octanol–water partition coefficient (Wildman–Crippen LogP) is 2.11. The van der Waals surface area contributed by atoms with Crippen LogP contribution in [0.4, 0.5) is 5.69 Å². The number of nitrogens with one attached hydrogen (secondary N) is 2. The number of carbonyl (C=O) groups excluding carboxylic acids is 2. The summed E-state index contributed by atoms with van der Waals surface area (Å²) in [5.74, 6) is 0.216. The summed E-state index contributed by atoms with van der Waals surface area (Å²) >= 11 is 5.51. The van der Waals surface area contributed by atoms with Gasteiger partial charge in [-0.3, -0.25) is 9.59 Å². The van der Waals surface area contributed by atoms with Gasteiger partial charge in [-0.05, 0) is 17.7 Å². The maximum Gasteiger partial charge on any atom is 0.240 e. The Hall–Kier alpha value is -1.88. The zero-order chi connectivity index (χ0) is 14.5. The number of nitrogens with zero attached hydrogens (tertiary/aromatic N) is 1. The van der Waals surface area contributed by atoms with Crippen LogP contribution >= 0.6 is 11.6 Å². The van der Waals surface area contributed by atoms with E-state index in [1.165, 1.54) is 0 Å². The van der Waals surface area contributed by atoms with Gasteiger partial charge in [-0.15, -0.1) is 11.6 Å². The van der Waals surface area contributed by atoms with Crippen LogP contribution in [-0.2, 0) is 9.59 Å². The van der Waals surface area contributed by atoms with Crippen LogP contribution in [0.3, 0.4) is 0 Å². The lowest BCUT2D eigenvalue weighted by Gasteiger charge is -2.19. The van der Waals surface area contributed by atoms with E-state index in [9.17, 15) is 9.59 Å². The van der Waals surface area contributed by atoms with Crippen LogP contribution in [0, 0.1) is 5.92 Å². The quantitative estimate of drug-likeness (QED) is 0.835. The molecule has 6 heteroatoms. The van der Waals surface area contributed by atoms with Crippen molar-refractivity contribution < 1.29 is 9.59 Å². The van der Waals surface area contributed by atoms with E-state index in [-0.39, 0.29) is 17.7 Å². The molecule has 0 aliphatic carbocycles. The van der Waals surface area contributed by atoms with E-state index in [4.69, 9.17) is 11.6 Å². The molecule has 1 heterocycles. The molecule has 0 aromatic heterocycles. The van der Waals surface area contributed by atoms with Crippen molar-refractivity contribution in [1.29, 1.82) is 0 Å². The molecule has 0 fully saturated rings. The third kappa shape index (κ3) is 3.57. The monoisotopic (exact) mass is 293 g/mol. The van der Waals surface area contributed by atoms with Crippen molar-refractivity contribution in [1.82, 2.24) is 5.43 Å². The first-order chi connectivity index (χ1) is 9.60. The van der Waals surface area contributed by atoms with E-state index in [0.29, 0.717) is 18.7 Å². The lowest BCUT2D eigenvalue weighted by Crippen LogP contribution is -2.31. The second kappa shape index (κ2) is 6.52. The third-order valence-corrected chi connectivity index (χ3v) is 3.23. The molecular formula is C14H16ClN3O2. The van der Waals surface area contributed by atoms with Gasteiger partial charge in [0.1, 0.15) is 0 Å². The molecule has 1 aliphatic heterocycles. The molecule has 2 rings (SSSR count). The van der Waals surface area contributed by atoms with Crippen LogP contribution in [0.5, 0.6) is 0 Å². The van der Waals surface area contributed by atoms with Crippen LogP contribution in [0.2, 0.25) is 0 Å². The van der Waals surface area contributed by atoms with Crippen LogP contribution in [0.25, 0.3) is 0 Å². The van der Waals surface area contributed by atoms with Gasteiger partial charge in [0, 0.05) is 30.3 Å². The topological polar surface area (TPSA) is 70.6 Å². The molecule has 1 atom stereocenters. The van der Waals surface area contributed by atoms with Gasteiger partial charge in [0.2, 0.25) is 11.8 Å². The highest BCUT2D eigenvalue weighted by molar-refractivity contribution is 6.19. The highest BCUT2D eigenvalue weighted by Gasteiger charge is 2.21. The fraction of sp³-hybridized carbons (Fsp3) is 0.357. The van der Waals surface area contributed by atoms with Gasteiger partial charge in [0.05, 0.1) is 5.71 Å².